The molecule has 9 nitrogen and oxygen atoms in total. The lowest BCUT2D eigenvalue weighted by atomic mass is 10.0. The van der Waals surface area contributed by atoms with Crippen LogP contribution >= 0.6 is 0 Å². The fourth-order valence-electron chi connectivity index (χ4n) is 9.99. The van der Waals surface area contributed by atoms with Crippen LogP contribution < -0.4 is 5.11 Å². The number of esters is 2. The van der Waals surface area contributed by atoms with Gasteiger partial charge in [-0.3, -0.25) is 9.59 Å². The Balaban J connectivity index is 4.01. The summed E-state index contributed by atoms with van der Waals surface area (Å²) < 4.78 is 22.8. The van der Waals surface area contributed by atoms with E-state index in [-0.39, 0.29) is 38.6 Å². The number of hydrogen-bond donors (Lipinski definition) is 0. The van der Waals surface area contributed by atoms with E-state index in [9.17, 15) is 19.5 Å². The van der Waals surface area contributed by atoms with E-state index in [1.165, 1.54) is 180 Å². The maximum absolute atomic E-state index is 12.9. The van der Waals surface area contributed by atoms with Gasteiger partial charge in [0.2, 0.25) is 0 Å². The second-order valence-corrected chi connectivity index (χ2v) is 24.8. The van der Waals surface area contributed by atoms with Gasteiger partial charge in [0.15, 0.2) is 12.4 Å². The van der Waals surface area contributed by atoms with E-state index in [1.807, 2.05) is 21.1 Å². The van der Waals surface area contributed by atoms with Crippen molar-refractivity contribution in [1.29, 1.82) is 0 Å². The predicted molar refractivity (Wildman–Crippen MR) is 361 cm³/mol. The van der Waals surface area contributed by atoms with Gasteiger partial charge in [0, 0.05) is 12.8 Å². The van der Waals surface area contributed by atoms with Crippen molar-refractivity contribution in [2.24, 2.45) is 0 Å². The SMILES string of the molecule is CC/C=C\C/C=C\C/C=C\C/C=C\CCCCCCCCCCCCCCCCCCCCCCCCCCCCC(=O)OC(COC(=O)CCCCCCCCCC/C=C\C/C=C\C/C=C\C/C=C\CC)COC(OCC[N+](C)(C)C)C(=O)[O-]. The Kier molecular flexibility index (Phi) is 63.2. The zero-order valence-electron chi connectivity index (χ0n) is 56.0. The first-order chi connectivity index (χ1) is 41.6. The van der Waals surface area contributed by atoms with Gasteiger partial charge in [-0.15, -0.1) is 0 Å². The first-order valence-corrected chi connectivity index (χ1v) is 35.4. The Morgan fingerprint density at radius 3 is 0.941 bits per heavy atom. The molecule has 0 aliphatic rings. The molecule has 85 heavy (non-hydrogen) atoms. The molecule has 0 aromatic carbocycles. The van der Waals surface area contributed by atoms with Crippen LogP contribution in [0.25, 0.3) is 0 Å². The van der Waals surface area contributed by atoms with Gasteiger partial charge in [0.25, 0.3) is 0 Å². The lowest BCUT2D eigenvalue weighted by Gasteiger charge is -2.26. The van der Waals surface area contributed by atoms with Crippen LogP contribution in [0.4, 0.5) is 0 Å². The van der Waals surface area contributed by atoms with E-state index in [1.54, 1.807) is 0 Å². The third-order valence-corrected chi connectivity index (χ3v) is 15.3. The Morgan fingerprint density at radius 2 is 0.635 bits per heavy atom. The minimum atomic E-state index is -1.63. The highest BCUT2D eigenvalue weighted by atomic mass is 16.7. The van der Waals surface area contributed by atoms with Gasteiger partial charge in [-0.25, -0.2) is 0 Å². The summed E-state index contributed by atoms with van der Waals surface area (Å²) in [5.74, 6) is -2.28. The summed E-state index contributed by atoms with van der Waals surface area (Å²) in [5.41, 5.74) is 0. The molecule has 0 fully saturated rings. The minimum absolute atomic E-state index is 0.145. The molecule has 2 atom stereocenters. The van der Waals surface area contributed by atoms with Gasteiger partial charge in [-0.1, -0.05) is 304 Å². The molecule has 490 valence electrons. The number of likely N-dealkylation sites (N-methyl/N-ethyl adjacent to an activating group) is 1. The number of unbranched alkanes of at least 4 members (excludes halogenated alkanes) is 34. The highest BCUT2D eigenvalue weighted by molar-refractivity contribution is 5.70. The number of hydrogen-bond acceptors (Lipinski definition) is 8. The molecule has 0 saturated heterocycles. The summed E-state index contributed by atoms with van der Waals surface area (Å²) in [5, 5.41) is 11.8. The van der Waals surface area contributed by atoms with Crippen LogP contribution in [0.15, 0.2) is 97.2 Å². The molecule has 0 rings (SSSR count). The minimum Gasteiger partial charge on any atom is -0.545 e. The Hall–Kier alpha value is -3.79. The van der Waals surface area contributed by atoms with E-state index in [2.05, 4.69) is 111 Å². The van der Waals surface area contributed by atoms with Crippen LogP contribution in [0.2, 0.25) is 0 Å². The summed E-state index contributed by atoms with van der Waals surface area (Å²) >= 11 is 0. The standard InChI is InChI=1S/C76H133NO8/c1-6-8-10-12-14-16-18-20-22-24-26-28-29-30-31-32-33-34-35-36-37-38-39-40-41-42-43-44-45-47-49-51-53-55-57-59-61-63-65-67-74(79)85-72(71-84-76(75(80)81)82-69-68-77(3,4)5)70-83-73(78)66-64-62-60-58-56-54-52-50-48-46-27-25-23-21-19-17-15-13-11-9-7-2/h8-11,14-17,20-23,26-28,46,72,76H,6-7,12-13,18-19,24-25,29-45,47-71H2,1-5H3/b10-8-,11-9-,16-14-,17-15-,22-20-,23-21-,28-26-,46-27-. The summed E-state index contributed by atoms with van der Waals surface area (Å²) in [6.07, 6.45) is 87.9. The number of carboxylic acid groups (broad SMARTS) is 1. The number of rotatable bonds is 65. The average Bonchev–Trinajstić information content (AvgIpc) is 3.49. The highest BCUT2D eigenvalue weighted by Crippen LogP contribution is 2.18. The number of nitrogens with zero attached hydrogens (tertiary/aromatic N) is 1. The number of carbonyl (C=O) groups is 3. The Morgan fingerprint density at radius 1 is 0.353 bits per heavy atom. The lowest BCUT2D eigenvalue weighted by Crippen LogP contribution is -2.44. The topological polar surface area (TPSA) is 111 Å². The first-order valence-electron chi connectivity index (χ1n) is 35.4. The van der Waals surface area contributed by atoms with Crippen molar-refractivity contribution in [2.45, 2.75) is 322 Å². The molecular weight excluding hydrogens is 1050 g/mol. The summed E-state index contributed by atoms with van der Waals surface area (Å²) in [4.78, 5) is 37.5. The van der Waals surface area contributed by atoms with Gasteiger partial charge in [-0.05, 0) is 89.9 Å². The van der Waals surface area contributed by atoms with Crippen molar-refractivity contribution in [2.75, 3.05) is 47.5 Å². The third kappa shape index (κ3) is 67.6. The van der Waals surface area contributed by atoms with Crippen molar-refractivity contribution in [1.82, 2.24) is 0 Å². The van der Waals surface area contributed by atoms with Crippen molar-refractivity contribution in [3.05, 3.63) is 97.2 Å². The zero-order valence-corrected chi connectivity index (χ0v) is 56.0. The number of aliphatic carboxylic acids is 1. The maximum Gasteiger partial charge on any atom is 0.306 e. The van der Waals surface area contributed by atoms with E-state index >= 15 is 0 Å². The molecule has 0 radical (unpaired) electrons. The molecule has 0 aromatic heterocycles. The second-order valence-electron chi connectivity index (χ2n) is 24.8. The van der Waals surface area contributed by atoms with Crippen LogP contribution in [-0.4, -0.2) is 82.3 Å². The number of carboxylic acids is 1. The highest BCUT2D eigenvalue weighted by Gasteiger charge is 2.22. The van der Waals surface area contributed by atoms with Crippen molar-refractivity contribution in [3.8, 4) is 0 Å². The number of carbonyl (C=O) groups excluding carboxylic acids is 3. The summed E-state index contributed by atoms with van der Waals surface area (Å²) in [6.45, 7) is 4.54. The maximum atomic E-state index is 12.9. The fourth-order valence-corrected chi connectivity index (χ4v) is 9.99. The molecule has 0 bridgehead atoms. The molecule has 0 aliphatic carbocycles. The van der Waals surface area contributed by atoms with Gasteiger partial charge in [0.05, 0.1) is 40.3 Å². The molecule has 0 aliphatic heterocycles. The molecule has 9 heteroatoms. The largest absolute Gasteiger partial charge is 0.545 e. The van der Waals surface area contributed by atoms with Gasteiger partial charge < -0.3 is 33.3 Å². The molecule has 0 spiro atoms. The number of allylic oxidation sites excluding steroid dienone is 16. The molecule has 0 heterocycles. The van der Waals surface area contributed by atoms with Crippen LogP contribution in [0.3, 0.4) is 0 Å². The monoisotopic (exact) mass is 1190 g/mol. The van der Waals surface area contributed by atoms with Crippen LogP contribution in [-0.2, 0) is 33.3 Å². The van der Waals surface area contributed by atoms with Crippen molar-refractivity contribution in [3.63, 3.8) is 0 Å². The smallest absolute Gasteiger partial charge is 0.306 e. The predicted octanol–water partition coefficient (Wildman–Crippen LogP) is 20.7. The van der Waals surface area contributed by atoms with E-state index < -0.39 is 24.3 Å². The van der Waals surface area contributed by atoms with Gasteiger partial charge >= 0.3 is 11.9 Å². The molecule has 0 saturated carbocycles. The third-order valence-electron chi connectivity index (χ3n) is 15.3. The summed E-state index contributed by atoms with van der Waals surface area (Å²) in [6, 6.07) is 0. The van der Waals surface area contributed by atoms with Crippen LogP contribution in [0.1, 0.15) is 309 Å². The van der Waals surface area contributed by atoms with Crippen molar-refractivity contribution < 1.29 is 42.9 Å². The molecule has 0 aromatic rings. The number of ether oxygens (including phenoxy) is 4. The lowest BCUT2D eigenvalue weighted by molar-refractivity contribution is -0.870. The molecular formula is C76H133NO8. The second kappa shape index (κ2) is 66.2. The fraction of sp³-hybridized carbons (Fsp3) is 0.750. The molecule has 2 unspecified atom stereocenters. The Labute approximate surface area is 524 Å². The quantitative estimate of drug-likeness (QED) is 0.0195. The van der Waals surface area contributed by atoms with E-state index in [4.69, 9.17) is 18.9 Å². The summed E-state index contributed by atoms with van der Waals surface area (Å²) in [7, 11) is 5.93. The van der Waals surface area contributed by atoms with Crippen LogP contribution in [0.5, 0.6) is 0 Å². The van der Waals surface area contributed by atoms with Crippen LogP contribution in [0, 0.1) is 0 Å². The Bertz CT molecular complexity index is 1720. The first kappa shape index (κ1) is 81.2. The van der Waals surface area contributed by atoms with Gasteiger partial charge in [0.1, 0.15) is 13.2 Å². The van der Waals surface area contributed by atoms with E-state index in [0.717, 1.165) is 96.3 Å². The molecule has 0 amide bonds. The zero-order chi connectivity index (χ0) is 61.9. The van der Waals surface area contributed by atoms with E-state index in [0.29, 0.717) is 17.4 Å². The average molecular weight is 1190 g/mol. The molecule has 0 N–H and O–H groups in total. The normalized spacial score (nSPS) is 13.3. The van der Waals surface area contributed by atoms with Gasteiger partial charge in [-0.2, -0.15) is 0 Å². The number of quaternary nitrogens is 1. The van der Waals surface area contributed by atoms with Crippen molar-refractivity contribution >= 4 is 17.9 Å².